The van der Waals surface area contributed by atoms with Crippen molar-refractivity contribution in [2.24, 2.45) is 5.73 Å². The Bertz CT molecular complexity index is 517. The quantitative estimate of drug-likeness (QED) is 0.822. The maximum absolute atomic E-state index is 11.0. The predicted molar refractivity (Wildman–Crippen MR) is 66.2 cm³/mol. The minimum atomic E-state index is -0.370. The highest BCUT2D eigenvalue weighted by atomic mass is 16.1. The third-order valence-electron chi connectivity index (χ3n) is 2.59. The van der Waals surface area contributed by atoms with Crippen LogP contribution in [0.25, 0.3) is 10.8 Å². The maximum Gasteiger partial charge on any atom is 0.239 e. The monoisotopic (exact) mass is 214 g/mol. The van der Waals surface area contributed by atoms with Gasteiger partial charge in [-0.15, -0.1) is 0 Å². The lowest BCUT2D eigenvalue weighted by Crippen LogP contribution is -2.32. The van der Waals surface area contributed by atoms with Crippen LogP contribution in [-0.2, 0) is 4.79 Å². The molecule has 0 unspecified atom stereocenters. The number of anilines is 1. The third kappa shape index (κ3) is 1.98. The van der Waals surface area contributed by atoms with Crippen molar-refractivity contribution in [1.82, 2.24) is 0 Å². The van der Waals surface area contributed by atoms with Crippen molar-refractivity contribution in [1.29, 1.82) is 0 Å². The Labute approximate surface area is 94.3 Å². The van der Waals surface area contributed by atoms with Crippen LogP contribution in [0.3, 0.4) is 0 Å². The van der Waals surface area contributed by atoms with Crippen LogP contribution in [-0.4, -0.2) is 11.9 Å². The minimum absolute atomic E-state index is 0.354. The van der Waals surface area contributed by atoms with E-state index in [4.69, 9.17) is 5.73 Å². The second-order valence-electron chi connectivity index (χ2n) is 3.80. The molecule has 0 fully saturated rings. The Morgan fingerprint density at radius 1 is 1.19 bits per heavy atom. The fourth-order valence-electron chi connectivity index (χ4n) is 1.66. The van der Waals surface area contributed by atoms with Crippen molar-refractivity contribution in [3.8, 4) is 0 Å². The van der Waals surface area contributed by atoms with Gasteiger partial charge in [0.05, 0.1) is 0 Å². The van der Waals surface area contributed by atoms with E-state index in [1.54, 1.807) is 6.92 Å². The minimum Gasteiger partial charge on any atom is -0.373 e. The second-order valence-corrected chi connectivity index (χ2v) is 3.80. The molecule has 3 heteroatoms. The number of hydrogen-bond donors (Lipinski definition) is 2. The summed E-state index contributed by atoms with van der Waals surface area (Å²) in [4.78, 5) is 11.0. The van der Waals surface area contributed by atoms with Crippen LogP contribution in [0.5, 0.6) is 0 Å². The molecule has 0 spiro atoms. The highest BCUT2D eigenvalue weighted by Crippen LogP contribution is 2.23. The Morgan fingerprint density at radius 3 is 2.62 bits per heavy atom. The number of carbonyl (C=O) groups excluding carboxylic acids is 1. The number of hydrogen-bond acceptors (Lipinski definition) is 2. The molecular formula is C13H14N2O. The van der Waals surface area contributed by atoms with Crippen LogP contribution in [0.15, 0.2) is 42.5 Å². The summed E-state index contributed by atoms with van der Waals surface area (Å²) in [5.74, 6) is -0.354. The van der Waals surface area contributed by atoms with E-state index in [1.165, 1.54) is 0 Å². The molecule has 0 saturated carbocycles. The first-order valence-electron chi connectivity index (χ1n) is 5.22. The molecule has 3 N–H and O–H groups in total. The first-order chi connectivity index (χ1) is 7.68. The maximum atomic E-state index is 11.0. The van der Waals surface area contributed by atoms with Gasteiger partial charge in [0, 0.05) is 11.1 Å². The number of rotatable bonds is 3. The van der Waals surface area contributed by atoms with Gasteiger partial charge in [-0.2, -0.15) is 0 Å². The Hall–Kier alpha value is -2.03. The summed E-state index contributed by atoms with van der Waals surface area (Å²) in [6, 6.07) is 13.6. The third-order valence-corrected chi connectivity index (χ3v) is 2.59. The highest BCUT2D eigenvalue weighted by Gasteiger charge is 2.09. The Kier molecular flexibility index (Phi) is 2.77. The van der Waals surface area contributed by atoms with Crippen LogP contribution in [0.4, 0.5) is 5.69 Å². The first kappa shape index (κ1) is 10.5. The molecule has 0 radical (unpaired) electrons. The average molecular weight is 214 g/mol. The van der Waals surface area contributed by atoms with Gasteiger partial charge in [-0.3, -0.25) is 4.79 Å². The van der Waals surface area contributed by atoms with Gasteiger partial charge in [0.2, 0.25) is 5.91 Å². The standard InChI is InChI=1S/C13H14N2O/c1-9(13(14)16)15-12-8-4-6-10-5-2-3-7-11(10)12/h2-9,15H,1H3,(H2,14,16)/t9-/m0/s1. The number of amides is 1. The molecule has 0 aliphatic carbocycles. The van der Waals surface area contributed by atoms with Crippen molar-refractivity contribution in [3.05, 3.63) is 42.5 Å². The lowest BCUT2D eigenvalue weighted by Gasteiger charge is -2.13. The van der Waals surface area contributed by atoms with E-state index in [9.17, 15) is 4.79 Å². The van der Waals surface area contributed by atoms with Crippen molar-refractivity contribution < 1.29 is 4.79 Å². The summed E-state index contributed by atoms with van der Waals surface area (Å²) in [6.45, 7) is 1.75. The smallest absolute Gasteiger partial charge is 0.239 e. The molecule has 0 aromatic heterocycles. The fraction of sp³-hybridized carbons (Fsp3) is 0.154. The second kappa shape index (κ2) is 4.23. The Balaban J connectivity index is 2.41. The van der Waals surface area contributed by atoms with Crippen molar-refractivity contribution in [2.75, 3.05) is 5.32 Å². The van der Waals surface area contributed by atoms with Gasteiger partial charge in [-0.1, -0.05) is 36.4 Å². The molecule has 16 heavy (non-hydrogen) atoms. The summed E-state index contributed by atoms with van der Waals surface area (Å²) in [6.07, 6.45) is 0. The van der Waals surface area contributed by atoms with Gasteiger partial charge < -0.3 is 11.1 Å². The largest absolute Gasteiger partial charge is 0.373 e. The lowest BCUT2D eigenvalue weighted by atomic mass is 10.1. The van der Waals surface area contributed by atoms with Crippen LogP contribution in [0.2, 0.25) is 0 Å². The molecule has 2 rings (SSSR count). The molecule has 2 aromatic carbocycles. The topological polar surface area (TPSA) is 55.1 Å². The van der Waals surface area contributed by atoms with Gasteiger partial charge in [0.1, 0.15) is 6.04 Å². The SMILES string of the molecule is C[C@H](Nc1cccc2ccccc12)C(N)=O. The van der Waals surface area contributed by atoms with E-state index in [0.717, 1.165) is 16.5 Å². The van der Waals surface area contributed by atoms with Gasteiger partial charge in [-0.05, 0) is 18.4 Å². The molecule has 2 aromatic rings. The fourth-order valence-corrected chi connectivity index (χ4v) is 1.66. The van der Waals surface area contributed by atoms with Gasteiger partial charge >= 0.3 is 0 Å². The zero-order chi connectivity index (χ0) is 11.5. The summed E-state index contributed by atoms with van der Waals surface area (Å²) in [5, 5.41) is 5.35. The van der Waals surface area contributed by atoms with E-state index in [-0.39, 0.29) is 11.9 Å². The molecule has 0 bridgehead atoms. The molecule has 0 heterocycles. The summed E-state index contributed by atoms with van der Waals surface area (Å²) in [5.41, 5.74) is 6.16. The number of primary amides is 1. The van der Waals surface area contributed by atoms with Crippen LogP contribution < -0.4 is 11.1 Å². The summed E-state index contributed by atoms with van der Waals surface area (Å²) >= 11 is 0. The van der Waals surface area contributed by atoms with Gasteiger partial charge in [-0.25, -0.2) is 0 Å². The number of fused-ring (bicyclic) bond motifs is 1. The molecule has 1 atom stereocenters. The highest BCUT2D eigenvalue weighted by molar-refractivity contribution is 5.95. The van der Waals surface area contributed by atoms with E-state index < -0.39 is 0 Å². The lowest BCUT2D eigenvalue weighted by molar-refractivity contribution is -0.118. The predicted octanol–water partition coefficient (Wildman–Crippen LogP) is 2.13. The van der Waals surface area contributed by atoms with E-state index in [0.29, 0.717) is 0 Å². The van der Waals surface area contributed by atoms with Crippen molar-refractivity contribution >= 4 is 22.4 Å². The van der Waals surface area contributed by atoms with Crippen LogP contribution in [0, 0.1) is 0 Å². The first-order valence-corrected chi connectivity index (χ1v) is 5.22. The average Bonchev–Trinajstić information content (AvgIpc) is 2.29. The zero-order valence-electron chi connectivity index (χ0n) is 9.10. The van der Waals surface area contributed by atoms with Gasteiger partial charge in [0.15, 0.2) is 0 Å². The molecule has 0 aliphatic rings. The molecule has 0 aliphatic heterocycles. The van der Waals surface area contributed by atoms with Crippen LogP contribution in [0.1, 0.15) is 6.92 Å². The normalized spacial score (nSPS) is 12.3. The zero-order valence-corrected chi connectivity index (χ0v) is 9.10. The van der Waals surface area contributed by atoms with Crippen molar-refractivity contribution in [2.45, 2.75) is 13.0 Å². The number of nitrogens with two attached hydrogens (primary N) is 1. The van der Waals surface area contributed by atoms with E-state index in [1.807, 2.05) is 42.5 Å². The number of carbonyl (C=O) groups is 1. The molecular weight excluding hydrogens is 200 g/mol. The van der Waals surface area contributed by atoms with Gasteiger partial charge in [0.25, 0.3) is 0 Å². The summed E-state index contributed by atoms with van der Waals surface area (Å²) in [7, 11) is 0. The Morgan fingerprint density at radius 2 is 1.88 bits per heavy atom. The molecule has 0 saturated heterocycles. The molecule has 3 nitrogen and oxygen atoms in total. The molecule has 1 amide bonds. The van der Waals surface area contributed by atoms with E-state index in [2.05, 4.69) is 5.32 Å². The van der Waals surface area contributed by atoms with Crippen molar-refractivity contribution in [3.63, 3.8) is 0 Å². The number of benzene rings is 2. The number of nitrogens with one attached hydrogen (secondary N) is 1. The summed E-state index contributed by atoms with van der Waals surface area (Å²) < 4.78 is 0. The molecule has 82 valence electrons. The van der Waals surface area contributed by atoms with E-state index >= 15 is 0 Å². The van der Waals surface area contributed by atoms with Crippen LogP contribution >= 0.6 is 0 Å².